The fourth-order valence-corrected chi connectivity index (χ4v) is 4.12. The van der Waals surface area contributed by atoms with Crippen LogP contribution in [0.5, 0.6) is 0 Å². The number of hydrogen-bond acceptors (Lipinski definition) is 8. The highest BCUT2D eigenvalue weighted by atomic mass is 19.1. The molecule has 10 nitrogen and oxygen atoms in total. The summed E-state index contributed by atoms with van der Waals surface area (Å²) in [6.45, 7) is 6.30. The van der Waals surface area contributed by atoms with Crippen LogP contribution >= 0.6 is 0 Å². The maximum Gasteiger partial charge on any atom is 0.407 e. The van der Waals surface area contributed by atoms with Gasteiger partial charge in [0.15, 0.2) is 5.82 Å². The second kappa shape index (κ2) is 10.5. The first kappa shape index (κ1) is 24.8. The predicted molar refractivity (Wildman–Crippen MR) is 127 cm³/mol. The van der Waals surface area contributed by atoms with E-state index in [1.807, 2.05) is 20.8 Å². The molecule has 4 rings (SSSR count). The maximum absolute atomic E-state index is 14.6. The lowest BCUT2D eigenvalue weighted by atomic mass is 9.91. The van der Waals surface area contributed by atoms with Gasteiger partial charge in [-0.05, 0) is 58.6 Å². The van der Waals surface area contributed by atoms with E-state index in [0.29, 0.717) is 30.6 Å². The van der Waals surface area contributed by atoms with E-state index in [4.69, 9.17) is 9.47 Å². The van der Waals surface area contributed by atoms with E-state index in [2.05, 4.69) is 25.6 Å². The number of aromatic nitrogens is 3. The van der Waals surface area contributed by atoms with Gasteiger partial charge < -0.3 is 20.1 Å². The van der Waals surface area contributed by atoms with Gasteiger partial charge in [-0.25, -0.2) is 24.1 Å². The zero-order valence-corrected chi connectivity index (χ0v) is 20.2. The summed E-state index contributed by atoms with van der Waals surface area (Å²) in [6.07, 6.45) is 3.86. The van der Waals surface area contributed by atoms with Crippen molar-refractivity contribution >= 4 is 23.8 Å². The molecule has 2 amide bonds. The van der Waals surface area contributed by atoms with Crippen molar-refractivity contribution in [1.29, 1.82) is 0 Å². The molecular formula is C24H31FN6O4. The molecule has 2 N–H and O–H groups in total. The molecule has 2 aromatic rings. The first-order valence-electron chi connectivity index (χ1n) is 11.8. The Hall–Kier alpha value is -3.34. The average Bonchev–Trinajstić information content (AvgIpc) is 2.81. The summed E-state index contributed by atoms with van der Waals surface area (Å²) in [4.78, 5) is 38.6. The molecule has 1 saturated carbocycles. The number of nitrogens with zero attached hydrogens (tertiary/aromatic N) is 4. The summed E-state index contributed by atoms with van der Waals surface area (Å²) < 4.78 is 25.1. The molecule has 2 fully saturated rings. The minimum Gasteiger partial charge on any atom is -0.444 e. The highest BCUT2D eigenvalue weighted by Crippen LogP contribution is 2.25. The third-order valence-electron chi connectivity index (χ3n) is 5.76. The smallest absolute Gasteiger partial charge is 0.407 e. The topological polar surface area (TPSA) is 119 Å². The van der Waals surface area contributed by atoms with E-state index in [9.17, 15) is 14.0 Å². The van der Waals surface area contributed by atoms with Crippen LogP contribution in [0.4, 0.5) is 21.0 Å². The summed E-state index contributed by atoms with van der Waals surface area (Å²) in [5.74, 6) is -0.0549. The Bertz CT molecular complexity index is 1070. The van der Waals surface area contributed by atoms with Crippen molar-refractivity contribution in [3.63, 3.8) is 0 Å². The van der Waals surface area contributed by atoms with Crippen LogP contribution in [0.1, 0.15) is 46.5 Å². The Balaban J connectivity index is 1.39. The molecule has 11 heteroatoms. The number of rotatable bonds is 5. The summed E-state index contributed by atoms with van der Waals surface area (Å²) >= 11 is 0. The molecule has 0 radical (unpaired) electrons. The molecular weight excluding hydrogens is 455 g/mol. The van der Waals surface area contributed by atoms with Gasteiger partial charge in [-0.3, -0.25) is 9.69 Å². The van der Waals surface area contributed by atoms with Crippen LogP contribution in [0.2, 0.25) is 0 Å². The number of hydrogen-bond donors (Lipinski definition) is 2. The van der Waals surface area contributed by atoms with Crippen molar-refractivity contribution in [3.05, 3.63) is 30.2 Å². The maximum atomic E-state index is 14.6. The Labute approximate surface area is 203 Å². The molecule has 0 spiro atoms. The molecule has 1 aliphatic carbocycles. The van der Waals surface area contributed by atoms with E-state index in [1.54, 1.807) is 18.2 Å². The van der Waals surface area contributed by atoms with E-state index >= 15 is 0 Å². The third kappa shape index (κ3) is 6.62. The SMILES string of the molecule is CC(C)(C)OC(=O)N[C@H]1CC[C@H](Nc2ncc(F)c(-c3cccc(N4CCOCC4=O)n3)n2)CC1. The quantitative estimate of drug-likeness (QED) is 0.661. The molecule has 1 aliphatic heterocycles. The van der Waals surface area contributed by atoms with Crippen LogP contribution in [-0.4, -0.2) is 64.4 Å². The fraction of sp³-hybridized carbons (Fsp3) is 0.542. The number of nitrogens with one attached hydrogen (secondary N) is 2. The summed E-state index contributed by atoms with van der Waals surface area (Å²) in [5.41, 5.74) is -0.160. The van der Waals surface area contributed by atoms with E-state index in [-0.39, 0.29) is 30.3 Å². The second-order valence-electron chi connectivity index (χ2n) is 9.71. The van der Waals surface area contributed by atoms with Crippen molar-refractivity contribution in [3.8, 4) is 11.4 Å². The lowest BCUT2D eigenvalue weighted by molar-refractivity contribution is -0.125. The number of morpholine rings is 1. The zero-order valence-electron chi connectivity index (χ0n) is 20.2. The second-order valence-corrected chi connectivity index (χ2v) is 9.71. The minimum absolute atomic E-state index is 0.00260. The summed E-state index contributed by atoms with van der Waals surface area (Å²) in [5, 5.41) is 6.19. The van der Waals surface area contributed by atoms with Crippen molar-refractivity contribution < 1.29 is 23.5 Å². The van der Waals surface area contributed by atoms with Crippen LogP contribution in [0, 0.1) is 5.82 Å². The molecule has 0 bridgehead atoms. The summed E-state index contributed by atoms with van der Waals surface area (Å²) in [6, 6.07) is 5.21. The van der Waals surface area contributed by atoms with Gasteiger partial charge in [-0.1, -0.05) is 6.07 Å². The van der Waals surface area contributed by atoms with Crippen molar-refractivity contribution in [1.82, 2.24) is 20.3 Å². The number of amides is 2. The lowest BCUT2D eigenvalue weighted by Crippen LogP contribution is -2.42. The van der Waals surface area contributed by atoms with E-state index < -0.39 is 17.5 Å². The monoisotopic (exact) mass is 486 g/mol. The van der Waals surface area contributed by atoms with Gasteiger partial charge in [0.1, 0.15) is 23.7 Å². The summed E-state index contributed by atoms with van der Waals surface area (Å²) in [7, 11) is 0. The standard InChI is InChI=1S/C24H31FN6O4/c1-24(2,3)35-23(33)28-16-9-7-15(8-10-16)27-22-26-13-17(25)21(30-22)18-5-4-6-19(29-18)31-11-12-34-14-20(31)32/h4-6,13,15-16H,7-12,14H2,1-3H3,(H,28,33)(H,26,27,30)/t15-,16-. The normalized spacial score (nSPS) is 20.9. The van der Waals surface area contributed by atoms with Crippen LogP contribution in [0.15, 0.2) is 24.4 Å². The Kier molecular flexibility index (Phi) is 7.44. The van der Waals surface area contributed by atoms with Gasteiger partial charge in [0.2, 0.25) is 5.95 Å². The highest BCUT2D eigenvalue weighted by Gasteiger charge is 2.26. The molecule has 2 aliphatic rings. The molecule has 188 valence electrons. The number of carbonyl (C=O) groups excluding carboxylic acids is 2. The predicted octanol–water partition coefficient (Wildman–Crippen LogP) is 3.29. The number of ether oxygens (including phenoxy) is 2. The van der Waals surface area contributed by atoms with Gasteiger partial charge in [0.25, 0.3) is 5.91 Å². The molecule has 0 atom stereocenters. The average molecular weight is 487 g/mol. The Morgan fingerprint density at radius 3 is 2.63 bits per heavy atom. The van der Waals surface area contributed by atoms with E-state index in [0.717, 1.165) is 31.9 Å². The highest BCUT2D eigenvalue weighted by molar-refractivity contribution is 5.94. The van der Waals surface area contributed by atoms with Crippen LogP contribution in [0.25, 0.3) is 11.4 Å². The Morgan fingerprint density at radius 2 is 1.91 bits per heavy atom. The van der Waals surface area contributed by atoms with Gasteiger partial charge in [0.05, 0.1) is 25.0 Å². The lowest BCUT2D eigenvalue weighted by Gasteiger charge is -2.30. The number of pyridine rings is 1. The molecule has 2 aromatic heterocycles. The van der Waals surface area contributed by atoms with Crippen LogP contribution < -0.4 is 15.5 Å². The minimum atomic E-state index is -0.598. The molecule has 0 aromatic carbocycles. The van der Waals surface area contributed by atoms with Crippen molar-refractivity contribution in [2.24, 2.45) is 0 Å². The van der Waals surface area contributed by atoms with Gasteiger partial charge in [-0.2, -0.15) is 0 Å². The molecule has 0 unspecified atom stereocenters. The molecule has 3 heterocycles. The molecule has 1 saturated heterocycles. The fourth-order valence-electron chi connectivity index (χ4n) is 4.12. The number of anilines is 2. The first-order valence-corrected chi connectivity index (χ1v) is 11.8. The van der Waals surface area contributed by atoms with Gasteiger partial charge >= 0.3 is 6.09 Å². The Morgan fingerprint density at radius 1 is 1.17 bits per heavy atom. The van der Waals surface area contributed by atoms with Crippen molar-refractivity contribution in [2.75, 3.05) is 30.0 Å². The third-order valence-corrected chi connectivity index (χ3v) is 5.76. The number of alkyl carbamates (subject to hydrolysis) is 1. The largest absolute Gasteiger partial charge is 0.444 e. The van der Waals surface area contributed by atoms with Crippen LogP contribution in [-0.2, 0) is 14.3 Å². The zero-order chi connectivity index (χ0) is 25.0. The number of carbonyl (C=O) groups is 2. The van der Waals surface area contributed by atoms with Crippen LogP contribution in [0.3, 0.4) is 0 Å². The van der Waals surface area contributed by atoms with Gasteiger partial charge in [0, 0.05) is 12.1 Å². The van der Waals surface area contributed by atoms with Crippen molar-refractivity contribution in [2.45, 2.75) is 64.1 Å². The number of halogens is 1. The first-order chi connectivity index (χ1) is 16.7. The van der Waals surface area contributed by atoms with E-state index in [1.165, 1.54) is 4.90 Å². The van der Waals surface area contributed by atoms with Gasteiger partial charge in [-0.15, -0.1) is 0 Å². The molecule has 35 heavy (non-hydrogen) atoms.